The van der Waals surface area contributed by atoms with Crippen LogP contribution < -0.4 is 10.2 Å². The average Bonchev–Trinajstić information content (AvgIpc) is 3.20. The highest BCUT2D eigenvalue weighted by Crippen LogP contribution is 2.25. The molecule has 1 N–H and O–H groups in total. The molecule has 0 radical (unpaired) electrons. The smallest absolute Gasteiger partial charge is 0.238 e. The second-order valence-corrected chi connectivity index (χ2v) is 7.58. The molecule has 0 bridgehead atoms. The van der Waals surface area contributed by atoms with Gasteiger partial charge in [0, 0.05) is 31.0 Å². The molecule has 28 heavy (non-hydrogen) atoms. The van der Waals surface area contributed by atoms with Crippen LogP contribution in [0.25, 0.3) is 0 Å². The van der Waals surface area contributed by atoms with Gasteiger partial charge in [-0.25, -0.2) is 0 Å². The third-order valence-corrected chi connectivity index (χ3v) is 5.16. The van der Waals surface area contributed by atoms with Gasteiger partial charge in [-0.1, -0.05) is 35.7 Å². The molecule has 1 saturated heterocycles. The number of carbonyl (C=O) groups is 1. The summed E-state index contributed by atoms with van der Waals surface area (Å²) in [5, 5.41) is 3.04. The Balaban J connectivity index is 1.60. The summed E-state index contributed by atoms with van der Waals surface area (Å²) in [7, 11) is 0. The highest BCUT2D eigenvalue weighted by Gasteiger charge is 2.15. The van der Waals surface area contributed by atoms with E-state index in [0.29, 0.717) is 13.1 Å². The Hall–Kier alpha value is -2.77. The molecule has 0 atom stereocenters. The van der Waals surface area contributed by atoms with Gasteiger partial charge in [-0.3, -0.25) is 9.69 Å². The van der Waals surface area contributed by atoms with E-state index in [4.69, 9.17) is 6.42 Å². The van der Waals surface area contributed by atoms with Crippen LogP contribution >= 0.6 is 0 Å². The van der Waals surface area contributed by atoms with Crippen LogP contribution in [0.1, 0.15) is 29.5 Å². The van der Waals surface area contributed by atoms with Crippen LogP contribution in [0, 0.1) is 26.2 Å². The normalized spacial score (nSPS) is 13.6. The summed E-state index contributed by atoms with van der Waals surface area (Å²) in [6, 6.07) is 14.6. The van der Waals surface area contributed by atoms with E-state index in [2.05, 4.69) is 59.5 Å². The minimum absolute atomic E-state index is 0.0422. The molecule has 146 valence electrons. The largest absolute Gasteiger partial charge is 0.372 e. The summed E-state index contributed by atoms with van der Waals surface area (Å²) in [5.41, 5.74) is 5.56. The molecule has 2 aromatic rings. The molecule has 0 unspecified atom stereocenters. The zero-order valence-electron chi connectivity index (χ0n) is 16.9. The van der Waals surface area contributed by atoms with E-state index in [0.717, 1.165) is 29.9 Å². The molecule has 1 amide bonds. The number of benzene rings is 2. The molecule has 0 saturated carbocycles. The Morgan fingerprint density at radius 2 is 1.86 bits per heavy atom. The third kappa shape index (κ3) is 5.37. The Morgan fingerprint density at radius 3 is 2.50 bits per heavy atom. The second kappa shape index (κ2) is 9.43. The molecule has 3 rings (SSSR count). The summed E-state index contributed by atoms with van der Waals surface area (Å²) in [4.78, 5) is 17.0. The van der Waals surface area contributed by atoms with Crippen LogP contribution in [0.5, 0.6) is 0 Å². The van der Waals surface area contributed by atoms with Crippen molar-refractivity contribution in [2.75, 3.05) is 36.4 Å². The van der Waals surface area contributed by atoms with Crippen molar-refractivity contribution in [1.82, 2.24) is 4.90 Å². The van der Waals surface area contributed by atoms with Crippen molar-refractivity contribution < 1.29 is 4.79 Å². The van der Waals surface area contributed by atoms with Gasteiger partial charge in [-0.05, 0) is 56.0 Å². The van der Waals surface area contributed by atoms with Crippen molar-refractivity contribution in [1.29, 1.82) is 0 Å². The van der Waals surface area contributed by atoms with Crippen molar-refractivity contribution >= 4 is 17.3 Å². The van der Waals surface area contributed by atoms with Crippen LogP contribution in [0.2, 0.25) is 0 Å². The number of nitrogens with one attached hydrogen (secondary N) is 1. The maximum Gasteiger partial charge on any atom is 0.238 e. The van der Waals surface area contributed by atoms with Crippen molar-refractivity contribution in [3.63, 3.8) is 0 Å². The molecule has 1 aliphatic heterocycles. The van der Waals surface area contributed by atoms with Crippen LogP contribution in [0.4, 0.5) is 11.4 Å². The zero-order chi connectivity index (χ0) is 19.9. The molecule has 4 heteroatoms. The summed E-state index contributed by atoms with van der Waals surface area (Å²) >= 11 is 0. The first-order valence-electron chi connectivity index (χ1n) is 9.92. The predicted molar refractivity (Wildman–Crippen MR) is 117 cm³/mol. The Kier molecular flexibility index (Phi) is 6.73. The first-order chi connectivity index (χ1) is 13.5. The summed E-state index contributed by atoms with van der Waals surface area (Å²) in [6.07, 6.45) is 8.01. The van der Waals surface area contributed by atoms with Crippen molar-refractivity contribution in [2.24, 2.45) is 0 Å². The first kappa shape index (κ1) is 20.0. The maximum absolute atomic E-state index is 12.6. The molecular weight excluding hydrogens is 346 g/mol. The number of anilines is 2. The molecule has 1 aliphatic rings. The highest BCUT2D eigenvalue weighted by molar-refractivity contribution is 5.93. The van der Waals surface area contributed by atoms with Gasteiger partial charge >= 0.3 is 0 Å². The number of terminal acetylenes is 1. The van der Waals surface area contributed by atoms with Gasteiger partial charge < -0.3 is 10.2 Å². The molecule has 0 aromatic heterocycles. The van der Waals surface area contributed by atoms with Gasteiger partial charge in [0.25, 0.3) is 0 Å². The van der Waals surface area contributed by atoms with E-state index in [9.17, 15) is 4.79 Å². The maximum atomic E-state index is 12.6. The first-order valence-corrected chi connectivity index (χ1v) is 9.92. The quantitative estimate of drug-likeness (QED) is 0.744. The lowest BCUT2D eigenvalue weighted by Crippen LogP contribution is -2.33. The van der Waals surface area contributed by atoms with Crippen molar-refractivity contribution in [2.45, 2.75) is 33.2 Å². The van der Waals surface area contributed by atoms with Gasteiger partial charge in [-0.15, -0.1) is 6.42 Å². The van der Waals surface area contributed by atoms with Crippen molar-refractivity contribution in [3.8, 4) is 12.3 Å². The number of rotatable bonds is 7. The lowest BCUT2D eigenvalue weighted by Gasteiger charge is -2.21. The summed E-state index contributed by atoms with van der Waals surface area (Å²) in [6.45, 7) is 7.70. The van der Waals surface area contributed by atoms with E-state index in [1.165, 1.54) is 24.1 Å². The van der Waals surface area contributed by atoms with Gasteiger partial charge in [-0.2, -0.15) is 0 Å². The Morgan fingerprint density at radius 1 is 1.14 bits per heavy atom. The molecule has 2 aromatic carbocycles. The lowest BCUT2D eigenvalue weighted by atomic mass is 10.1. The van der Waals surface area contributed by atoms with Crippen LogP contribution in [0.15, 0.2) is 42.5 Å². The number of aryl methyl sites for hydroxylation is 2. The predicted octanol–water partition coefficient (Wildman–Crippen LogP) is 3.98. The molecule has 0 spiro atoms. The van der Waals surface area contributed by atoms with Gasteiger partial charge in [0.1, 0.15) is 0 Å². The standard InChI is InChI=1S/C24H29N3O/c1-4-13-26(17-21-9-7-19(2)8-10-21)18-24(28)25-23-12-11-22(16-20(23)3)27-14-5-6-15-27/h1,7-12,16H,5-6,13-15,17-18H2,2-3H3,(H,25,28). The number of nitrogens with zero attached hydrogens (tertiary/aromatic N) is 2. The Labute approximate surface area is 168 Å². The van der Waals surface area contributed by atoms with Crippen LogP contribution in [0.3, 0.4) is 0 Å². The van der Waals surface area contributed by atoms with E-state index in [1.807, 2.05) is 17.9 Å². The molecule has 1 heterocycles. The fourth-order valence-corrected chi connectivity index (χ4v) is 3.60. The fraction of sp³-hybridized carbons (Fsp3) is 0.375. The lowest BCUT2D eigenvalue weighted by molar-refractivity contribution is -0.117. The SMILES string of the molecule is C#CCN(CC(=O)Nc1ccc(N2CCCC2)cc1C)Cc1ccc(C)cc1. The summed E-state index contributed by atoms with van der Waals surface area (Å²) < 4.78 is 0. The monoisotopic (exact) mass is 375 g/mol. The number of hydrogen-bond acceptors (Lipinski definition) is 3. The molecular formula is C24H29N3O. The zero-order valence-corrected chi connectivity index (χ0v) is 16.9. The van der Waals surface area contributed by atoms with E-state index in [1.54, 1.807) is 0 Å². The van der Waals surface area contributed by atoms with Crippen LogP contribution in [-0.2, 0) is 11.3 Å². The van der Waals surface area contributed by atoms with E-state index < -0.39 is 0 Å². The van der Waals surface area contributed by atoms with E-state index in [-0.39, 0.29) is 12.5 Å². The Bertz CT molecular complexity index is 845. The average molecular weight is 376 g/mol. The third-order valence-electron chi connectivity index (χ3n) is 5.16. The number of amides is 1. The number of carbonyl (C=O) groups excluding carboxylic acids is 1. The minimum atomic E-state index is -0.0422. The molecule has 0 aliphatic carbocycles. The minimum Gasteiger partial charge on any atom is -0.372 e. The second-order valence-electron chi connectivity index (χ2n) is 7.58. The topological polar surface area (TPSA) is 35.6 Å². The van der Waals surface area contributed by atoms with Gasteiger partial charge in [0.05, 0.1) is 13.1 Å². The van der Waals surface area contributed by atoms with Gasteiger partial charge in [0.15, 0.2) is 0 Å². The van der Waals surface area contributed by atoms with E-state index >= 15 is 0 Å². The highest BCUT2D eigenvalue weighted by atomic mass is 16.2. The fourth-order valence-electron chi connectivity index (χ4n) is 3.60. The van der Waals surface area contributed by atoms with Crippen molar-refractivity contribution in [3.05, 3.63) is 59.2 Å². The summed E-state index contributed by atoms with van der Waals surface area (Å²) in [5.74, 6) is 2.62. The molecule has 1 fully saturated rings. The van der Waals surface area contributed by atoms with Crippen LogP contribution in [-0.4, -0.2) is 37.0 Å². The molecule has 4 nitrogen and oxygen atoms in total. The number of hydrogen-bond donors (Lipinski definition) is 1. The van der Waals surface area contributed by atoms with Gasteiger partial charge in [0.2, 0.25) is 5.91 Å².